The molecule has 136 valence electrons. The van der Waals surface area contributed by atoms with Crippen LogP contribution in [0.5, 0.6) is 0 Å². The zero-order valence-corrected chi connectivity index (χ0v) is 14.1. The van der Waals surface area contributed by atoms with E-state index in [4.69, 9.17) is 0 Å². The highest BCUT2D eigenvalue weighted by Crippen LogP contribution is 2.29. The Morgan fingerprint density at radius 1 is 1.04 bits per heavy atom. The van der Waals surface area contributed by atoms with Crippen molar-refractivity contribution in [1.82, 2.24) is 10.2 Å². The van der Waals surface area contributed by atoms with Gasteiger partial charge in [-0.05, 0) is 25.7 Å². The molecule has 2 amide bonds. The molecule has 26 heavy (non-hydrogen) atoms. The van der Waals surface area contributed by atoms with Gasteiger partial charge in [0.15, 0.2) is 0 Å². The number of carbonyl (C=O) groups is 4. The van der Waals surface area contributed by atoms with Gasteiger partial charge >= 0.3 is 5.97 Å². The minimum atomic E-state index is -1.05. The first kappa shape index (κ1) is 17.8. The van der Waals surface area contributed by atoms with E-state index in [1.54, 1.807) is 24.3 Å². The van der Waals surface area contributed by atoms with Crippen molar-refractivity contribution in [2.75, 3.05) is 0 Å². The predicted molar refractivity (Wildman–Crippen MR) is 92.4 cm³/mol. The number of amides is 2. The number of Topliss-reactive ketones (excluding diaryl/α,β-unsaturated/α-hetero) is 1. The van der Waals surface area contributed by atoms with E-state index in [-0.39, 0.29) is 18.0 Å². The third-order valence-electron chi connectivity index (χ3n) is 4.83. The van der Waals surface area contributed by atoms with Crippen molar-refractivity contribution in [2.24, 2.45) is 0 Å². The maximum atomic E-state index is 12.9. The van der Waals surface area contributed by atoms with Crippen molar-refractivity contribution >= 4 is 23.6 Å². The Morgan fingerprint density at radius 3 is 2.42 bits per heavy atom. The molecule has 1 fully saturated rings. The van der Waals surface area contributed by atoms with Gasteiger partial charge in [-0.15, -0.1) is 0 Å². The number of carbonyl (C=O) groups excluding carboxylic acids is 3. The van der Waals surface area contributed by atoms with E-state index in [0.29, 0.717) is 19.3 Å². The highest BCUT2D eigenvalue weighted by molar-refractivity contribution is 6.43. The third kappa shape index (κ3) is 3.51. The first-order valence-corrected chi connectivity index (χ1v) is 8.59. The van der Waals surface area contributed by atoms with Crippen molar-refractivity contribution in [3.05, 3.63) is 48.0 Å². The molecule has 2 N–H and O–H groups in total. The van der Waals surface area contributed by atoms with Crippen LogP contribution in [0.1, 0.15) is 36.0 Å². The minimum Gasteiger partial charge on any atom is -0.480 e. The monoisotopic (exact) mass is 356 g/mol. The Labute approximate surface area is 150 Å². The Bertz CT molecular complexity index is 758. The van der Waals surface area contributed by atoms with Gasteiger partial charge in [-0.1, -0.05) is 42.5 Å². The summed E-state index contributed by atoms with van der Waals surface area (Å²) < 4.78 is 0. The van der Waals surface area contributed by atoms with E-state index in [1.807, 2.05) is 6.08 Å². The molecule has 0 radical (unpaired) electrons. The first-order chi connectivity index (χ1) is 12.5. The van der Waals surface area contributed by atoms with Crippen LogP contribution in [0.4, 0.5) is 0 Å². The number of nitrogens with zero attached hydrogens (tertiary/aromatic N) is 1. The van der Waals surface area contributed by atoms with Gasteiger partial charge in [0.25, 0.3) is 5.91 Å². The van der Waals surface area contributed by atoms with Crippen molar-refractivity contribution in [3.8, 4) is 0 Å². The summed E-state index contributed by atoms with van der Waals surface area (Å²) in [5.41, 5.74) is 0.237. The molecule has 7 heteroatoms. The second-order valence-corrected chi connectivity index (χ2v) is 6.49. The van der Waals surface area contributed by atoms with E-state index in [2.05, 4.69) is 5.32 Å². The average molecular weight is 356 g/mol. The van der Waals surface area contributed by atoms with Crippen LogP contribution in [-0.2, 0) is 14.4 Å². The normalized spacial score (nSPS) is 25.2. The summed E-state index contributed by atoms with van der Waals surface area (Å²) in [5, 5.41) is 11.9. The number of hydrogen-bond acceptors (Lipinski definition) is 4. The minimum absolute atomic E-state index is 0.190. The van der Waals surface area contributed by atoms with Crippen LogP contribution in [0.25, 0.3) is 0 Å². The summed E-state index contributed by atoms with van der Waals surface area (Å²) >= 11 is 0. The quantitative estimate of drug-likeness (QED) is 0.478. The van der Waals surface area contributed by atoms with Crippen molar-refractivity contribution < 1.29 is 24.3 Å². The number of benzene rings is 1. The second kappa shape index (κ2) is 7.51. The molecule has 1 saturated heterocycles. The summed E-state index contributed by atoms with van der Waals surface area (Å²) in [4.78, 5) is 50.2. The van der Waals surface area contributed by atoms with Gasteiger partial charge in [0, 0.05) is 11.6 Å². The summed E-state index contributed by atoms with van der Waals surface area (Å²) in [6.45, 7) is 0. The number of carboxylic acids is 1. The molecule has 3 rings (SSSR count). The van der Waals surface area contributed by atoms with Crippen LogP contribution in [-0.4, -0.2) is 51.7 Å². The summed E-state index contributed by atoms with van der Waals surface area (Å²) in [6.07, 6.45) is 5.51. The number of fused-ring (bicyclic) bond motifs is 1. The Morgan fingerprint density at radius 2 is 1.73 bits per heavy atom. The lowest BCUT2D eigenvalue weighted by Crippen LogP contribution is -2.55. The maximum Gasteiger partial charge on any atom is 0.326 e. The lowest BCUT2D eigenvalue weighted by molar-refractivity contribution is -0.150. The molecule has 1 aromatic carbocycles. The third-order valence-corrected chi connectivity index (χ3v) is 4.83. The second-order valence-electron chi connectivity index (χ2n) is 6.49. The fourth-order valence-corrected chi connectivity index (χ4v) is 3.52. The molecule has 0 unspecified atom stereocenters. The summed E-state index contributed by atoms with van der Waals surface area (Å²) in [7, 11) is 0. The van der Waals surface area contributed by atoms with E-state index >= 15 is 0 Å². The number of carboxylic acid groups (broad SMARTS) is 1. The van der Waals surface area contributed by atoms with Crippen LogP contribution in [0.15, 0.2) is 42.5 Å². The summed E-state index contributed by atoms with van der Waals surface area (Å²) in [6, 6.07) is 6.06. The Hall–Kier alpha value is -2.96. The molecule has 2 aliphatic rings. The molecule has 2 heterocycles. The maximum absolute atomic E-state index is 12.9. The van der Waals surface area contributed by atoms with Gasteiger partial charge in [0.2, 0.25) is 11.7 Å². The number of hydrogen-bond donors (Lipinski definition) is 2. The standard InChI is InChI=1S/C19H20N2O5/c22-16(12-6-2-1-3-7-12)17(23)20-14-9-5-4-8-13-10-11-15(19(25)26)21(13)18(14)24/h1-7,13-15H,8-11H2,(H,20,23)(H,25,26)/t13-,14+,15+/m1/s1. The largest absolute Gasteiger partial charge is 0.480 e. The zero-order valence-electron chi connectivity index (χ0n) is 14.1. The van der Waals surface area contributed by atoms with Gasteiger partial charge in [-0.2, -0.15) is 0 Å². The van der Waals surface area contributed by atoms with Crippen molar-refractivity contribution in [2.45, 2.75) is 43.8 Å². The van der Waals surface area contributed by atoms with Gasteiger partial charge in [-0.25, -0.2) is 4.79 Å². The van der Waals surface area contributed by atoms with Crippen molar-refractivity contribution in [1.29, 1.82) is 0 Å². The fraction of sp³-hybridized carbons (Fsp3) is 0.368. The van der Waals surface area contributed by atoms with E-state index < -0.39 is 35.7 Å². The SMILES string of the molecule is O=C(N[C@H]1CC=CC[C@@H]2CC[C@@H](C(=O)O)N2C1=O)C(=O)c1ccccc1. The number of aliphatic carboxylic acids is 1. The molecule has 7 nitrogen and oxygen atoms in total. The molecule has 0 aliphatic carbocycles. The highest BCUT2D eigenvalue weighted by atomic mass is 16.4. The molecule has 0 spiro atoms. The molecule has 1 aromatic rings. The number of rotatable bonds is 4. The van der Waals surface area contributed by atoms with Crippen LogP contribution < -0.4 is 5.32 Å². The molecule has 2 aliphatic heterocycles. The average Bonchev–Trinajstić information content (AvgIpc) is 3.06. The first-order valence-electron chi connectivity index (χ1n) is 8.59. The lowest BCUT2D eigenvalue weighted by Gasteiger charge is -2.32. The Kier molecular flexibility index (Phi) is 5.16. The predicted octanol–water partition coefficient (Wildman–Crippen LogP) is 1.15. The van der Waals surface area contributed by atoms with Gasteiger partial charge in [0.1, 0.15) is 12.1 Å². The van der Waals surface area contributed by atoms with Gasteiger partial charge in [0.05, 0.1) is 0 Å². The zero-order chi connectivity index (χ0) is 18.7. The van der Waals surface area contributed by atoms with Crippen LogP contribution in [0.3, 0.4) is 0 Å². The lowest BCUT2D eigenvalue weighted by atomic mass is 10.0. The van der Waals surface area contributed by atoms with Gasteiger partial charge < -0.3 is 15.3 Å². The highest BCUT2D eigenvalue weighted by Gasteiger charge is 2.43. The summed E-state index contributed by atoms with van der Waals surface area (Å²) in [5.74, 6) is -3.09. The van der Waals surface area contributed by atoms with Gasteiger partial charge in [-0.3, -0.25) is 14.4 Å². The molecule has 3 atom stereocenters. The molecular formula is C19H20N2O5. The van der Waals surface area contributed by atoms with Crippen molar-refractivity contribution in [3.63, 3.8) is 0 Å². The Balaban J connectivity index is 1.78. The number of nitrogens with one attached hydrogen (secondary N) is 1. The molecular weight excluding hydrogens is 336 g/mol. The van der Waals surface area contributed by atoms with E-state index in [1.165, 1.54) is 17.0 Å². The van der Waals surface area contributed by atoms with E-state index in [0.717, 1.165) is 0 Å². The topological polar surface area (TPSA) is 104 Å². The molecule has 0 saturated carbocycles. The van der Waals surface area contributed by atoms with Crippen LogP contribution in [0, 0.1) is 0 Å². The number of ketones is 1. The van der Waals surface area contributed by atoms with Crippen LogP contribution in [0.2, 0.25) is 0 Å². The fourth-order valence-electron chi connectivity index (χ4n) is 3.52. The smallest absolute Gasteiger partial charge is 0.326 e. The molecule has 0 bridgehead atoms. The van der Waals surface area contributed by atoms with Crippen LogP contribution >= 0.6 is 0 Å². The van der Waals surface area contributed by atoms with E-state index in [9.17, 15) is 24.3 Å². The molecule has 0 aromatic heterocycles.